The molecule has 1 saturated heterocycles. The first-order chi connectivity index (χ1) is 18.8. The summed E-state index contributed by atoms with van der Waals surface area (Å²) in [7, 11) is 0. The van der Waals surface area contributed by atoms with Gasteiger partial charge in [0.05, 0.1) is 18.2 Å². The highest BCUT2D eigenvalue weighted by Gasteiger charge is 2.27. The summed E-state index contributed by atoms with van der Waals surface area (Å²) >= 11 is 2.96. The van der Waals surface area contributed by atoms with Crippen molar-refractivity contribution < 1.29 is 18.7 Å². The number of aromatic nitrogens is 1. The van der Waals surface area contributed by atoms with Gasteiger partial charge in [0.15, 0.2) is 0 Å². The lowest BCUT2D eigenvalue weighted by molar-refractivity contribution is -0.149. The minimum atomic E-state index is -0.534. The van der Waals surface area contributed by atoms with Gasteiger partial charge in [-0.1, -0.05) is 24.4 Å². The molecule has 0 radical (unpaired) electrons. The lowest BCUT2D eigenvalue weighted by atomic mass is 10.0. The van der Waals surface area contributed by atoms with Crippen LogP contribution in [0.1, 0.15) is 54.6 Å². The topological polar surface area (TPSA) is 92.4 Å². The molecule has 1 aromatic heterocycles. The van der Waals surface area contributed by atoms with Crippen molar-refractivity contribution in [3.8, 4) is 0 Å². The van der Waals surface area contributed by atoms with Crippen molar-refractivity contribution in [3.63, 3.8) is 0 Å². The average molecular weight is 575 g/mol. The summed E-state index contributed by atoms with van der Waals surface area (Å²) in [5.41, 5.74) is 3.65. The number of halogens is 1. The van der Waals surface area contributed by atoms with E-state index in [1.54, 1.807) is 36.3 Å². The number of benzene rings is 1. The number of carbonyl (C=O) groups is 2. The first-order valence-electron chi connectivity index (χ1n) is 13.3. The predicted molar refractivity (Wildman–Crippen MR) is 161 cm³/mol. The minimum absolute atomic E-state index is 0.0152. The Morgan fingerprint density at radius 3 is 2.79 bits per heavy atom. The number of hydrogen-bond acceptors (Lipinski definition) is 9. The van der Waals surface area contributed by atoms with E-state index in [4.69, 9.17) is 4.74 Å². The maximum Gasteiger partial charge on any atom is 0.328 e. The molecule has 3 atom stereocenters. The van der Waals surface area contributed by atoms with E-state index in [2.05, 4.69) is 27.5 Å². The molecule has 0 aliphatic carbocycles. The van der Waals surface area contributed by atoms with Crippen LogP contribution in [0.4, 0.5) is 10.1 Å². The quantitative estimate of drug-likeness (QED) is 0.245. The number of anilines is 1. The van der Waals surface area contributed by atoms with Crippen LogP contribution in [0.25, 0.3) is 5.70 Å². The molecule has 1 fully saturated rings. The Hall–Kier alpha value is -2.56. The number of hydrogen-bond donors (Lipinski definition) is 3. The lowest BCUT2D eigenvalue weighted by Crippen LogP contribution is -2.38. The first kappa shape index (κ1) is 31.0. The highest BCUT2D eigenvalue weighted by molar-refractivity contribution is 8.14. The van der Waals surface area contributed by atoms with Crippen LogP contribution in [-0.2, 0) is 16.0 Å². The van der Waals surface area contributed by atoms with Crippen molar-refractivity contribution in [1.82, 2.24) is 15.6 Å². The number of thioether (sulfide) groups is 2. The molecule has 2 aromatic rings. The molecule has 1 aliphatic heterocycles. The number of aryl methyl sites for hydroxylation is 1. The molecule has 0 bridgehead atoms. The van der Waals surface area contributed by atoms with E-state index in [1.165, 1.54) is 11.8 Å². The van der Waals surface area contributed by atoms with Crippen molar-refractivity contribution in [1.29, 1.82) is 0 Å². The van der Waals surface area contributed by atoms with E-state index in [-0.39, 0.29) is 35.0 Å². The van der Waals surface area contributed by atoms with Crippen LogP contribution in [0, 0.1) is 0 Å². The zero-order valence-electron chi connectivity index (χ0n) is 22.9. The Morgan fingerprint density at radius 1 is 1.28 bits per heavy atom. The fraction of sp³-hybridized carbons (Fsp3) is 0.483. The largest absolute Gasteiger partial charge is 0.461 e. The van der Waals surface area contributed by atoms with Gasteiger partial charge in [0, 0.05) is 53.9 Å². The summed E-state index contributed by atoms with van der Waals surface area (Å²) in [6.07, 6.45) is 7.72. The SMILES string of the molecule is C=C(N[C@@H](CCSC)C(=O)OC(C)C)c1cc(NC[C@@H]2CC[C@H](SC(=O)c3cccnc3)N2)ccc1CCF. The van der Waals surface area contributed by atoms with Gasteiger partial charge in [-0.05, 0) is 74.9 Å². The molecule has 39 heavy (non-hydrogen) atoms. The van der Waals surface area contributed by atoms with Crippen molar-refractivity contribution in [2.45, 2.75) is 63.1 Å². The van der Waals surface area contributed by atoms with Crippen molar-refractivity contribution in [2.24, 2.45) is 0 Å². The van der Waals surface area contributed by atoms with Gasteiger partial charge < -0.3 is 20.7 Å². The molecular formula is C29H39FN4O3S2. The fourth-order valence-electron chi connectivity index (χ4n) is 4.33. The van der Waals surface area contributed by atoms with Crippen molar-refractivity contribution in [3.05, 3.63) is 66.0 Å². The Balaban J connectivity index is 1.61. The molecule has 2 heterocycles. The van der Waals surface area contributed by atoms with Gasteiger partial charge in [-0.25, -0.2) is 4.79 Å². The normalized spacial score (nSPS) is 17.6. The Bertz CT molecular complexity index is 1100. The van der Waals surface area contributed by atoms with Gasteiger partial charge >= 0.3 is 5.97 Å². The van der Waals surface area contributed by atoms with Crippen LogP contribution in [-0.4, -0.2) is 64.9 Å². The van der Waals surface area contributed by atoms with E-state index in [9.17, 15) is 14.0 Å². The molecule has 1 aromatic carbocycles. The van der Waals surface area contributed by atoms with Crippen molar-refractivity contribution in [2.75, 3.05) is 30.5 Å². The van der Waals surface area contributed by atoms with Crippen LogP contribution in [0.15, 0.2) is 49.3 Å². The lowest BCUT2D eigenvalue weighted by Gasteiger charge is -2.23. The molecule has 0 spiro atoms. The monoisotopic (exact) mass is 574 g/mol. The second kappa shape index (κ2) is 15.9. The van der Waals surface area contributed by atoms with Crippen LogP contribution in [0.5, 0.6) is 0 Å². The van der Waals surface area contributed by atoms with Crippen LogP contribution < -0.4 is 16.0 Å². The van der Waals surface area contributed by atoms with Crippen LogP contribution in [0.2, 0.25) is 0 Å². The number of nitrogens with zero attached hydrogens (tertiary/aromatic N) is 1. The highest BCUT2D eigenvalue weighted by atomic mass is 32.2. The number of nitrogens with one attached hydrogen (secondary N) is 3. The second-order valence-corrected chi connectivity index (χ2v) is 11.9. The van der Waals surface area contributed by atoms with Crippen LogP contribution >= 0.6 is 23.5 Å². The van der Waals surface area contributed by atoms with E-state index in [0.29, 0.717) is 24.2 Å². The molecule has 0 unspecified atom stereocenters. The third-order valence-electron chi connectivity index (χ3n) is 6.29. The van der Waals surface area contributed by atoms with Gasteiger partial charge in [-0.3, -0.25) is 14.2 Å². The molecule has 0 saturated carbocycles. The third-order valence-corrected chi connectivity index (χ3v) is 8.04. The van der Waals surface area contributed by atoms with Gasteiger partial charge in [-0.2, -0.15) is 11.8 Å². The zero-order chi connectivity index (χ0) is 28.2. The van der Waals surface area contributed by atoms with Crippen LogP contribution in [0.3, 0.4) is 0 Å². The fourth-order valence-corrected chi connectivity index (χ4v) is 5.83. The summed E-state index contributed by atoms with van der Waals surface area (Å²) in [4.78, 5) is 29.2. The number of ether oxygens (including phenoxy) is 1. The Labute approximate surface area is 239 Å². The molecule has 7 nitrogen and oxygen atoms in total. The summed E-state index contributed by atoms with van der Waals surface area (Å²) in [6.45, 7) is 8.03. The van der Waals surface area contributed by atoms with Gasteiger partial charge in [0.25, 0.3) is 0 Å². The summed E-state index contributed by atoms with van der Waals surface area (Å²) in [5, 5.41) is 10.3. The molecule has 212 valence electrons. The molecule has 0 amide bonds. The maximum absolute atomic E-state index is 13.3. The Morgan fingerprint density at radius 2 is 2.10 bits per heavy atom. The molecule has 1 aliphatic rings. The van der Waals surface area contributed by atoms with Gasteiger partial charge in [-0.15, -0.1) is 0 Å². The summed E-state index contributed by atoms with van der Waals surface area (Å²) in [5.74, 6) is 0.474. The van der Waals surface area contributed by atoms with E-state index < -0.39 is 12.7 Å². The predicted octanol–water partition coefficient (Wildman–Crippen LogP) is 5.29. The van der Waals surface area contributed by atoms with E-state index >= 15 is 0 Å². The van der Waals surface area contributed by atoms with Crippen molar-refractivity contribution >= 4 is 46.0 Å². The van der Waals surface area contributed by atoms with Gasteiger partial charge in [0.1, 0.15) is 6.04 Å². The second-order valence-electron chi connectivity index (χ2n) is 9.71. The number of pyridine rings is 1. The molecule has 3 rings (SSSR count). The highest BCUT2D eigenvalue weighted by Crippen LogP contribution is 2.27. The standard InChI is InChI=1S/C29H39FN4O3S2/c1-19(2)37-28(35)26(12-15-38-4)33-20(3)25-16-23(8-7-21(25)11-13-30)32-18-24-9-10-27(34-24)39-29(36)22-6-5-14-31-17-22/h5-8,14,16-17,19,24,26-27,32-34H,3,9-13,15,18H2,1-2,4H3/t24-,26-,27-/m0/s1. The maximum atomic E-state index is 13.3. The first-order valence-corrected chi connectivity index (χ1v) is 15.5. The zero-order valence-corrected chi connectivity index (χ0v) is 24.5. The number of carbonyl (C=O) groups excluding carboxylic acids is 2. The molecule has 3 N–H and O–H groups in total. The van der Waals surface area contributed by atoms with E-state index in [0.717, 1.165) is 35.4 Å². The molecular weight excluding hydrogens is 535 g/mol. The number of alkyl halides is 1. The van der Waals surface area contributed by atoms with Gasteiger partial charge in [0.2, 0.25) is 5.12 Å². The smallest absolute Gasteiger partial charge is 0.328 e. The molecule has 10 heteroatoms. The average Bonchev–Trinajstić information content (AvgIpc) is 3.37. The number of rotatable bonds is 15. The summed E-state index contributed by atoms with van der Waals surface area (Å²) < 4.78 is 18.8. The minimum Gasteiger partial charge on any atom is -0.461 e. The Kier molecular flexibility index (Phi) is 12.6. The third kappa shape index (κ3) is 9.85. The summed E-state index contributed by atoms with van der Waals surface area (Å²) in [6, 6.07) is 9.01. The number of esters is 1. The van der Waals surface area contributed by atoms with E-state index in [1.807, 2.05) is 38.3 Å².